The number of hydrogen-bond donors (Lipinski definition) is 2. The molecule has 1 fully saturated rings. The molecular formula is C24H24FN3O3. The molecule has 4 rings (SSSR count). The number of nitrogens with one attached hydrogen (secondary N) is 2. The Morgan fingerprint density at radius 3 is 2.52 bits per heavy atom. The first-order valence-corrected chi connectivity index (χ1v) is 10.3. The number of halogens is 1. The van der Waals surface area contributed by atoms with E-state index in [9.17, 15) is 14.0 Å². The molecule has 7 heteroatoms. The second-order valence-electron chi connectivity index (χ2n) is 7.62. The average Bonchev–Trinajstić information content (AvgIpc) is 3.49. The highest BCUT2D eigenvalue weighted by atomic mass is 19.1. The monoisotopic (exact) mass is 421 g/mol. The number of anilines is 1. The van der Waals surface area contributed by atoms with Crippen molar-refractivity contribution in [2.45, 2.75) is 32.0 Å². The van der Waals surface area contributed by atoms with E-state index in [2.05, 4.69) is 15.5 Å². The highest BCUT2D eigenvalue weighted by Gasteiger charge is 2.30. The van der Waals surface area contributed by atoms with Crippen molar-refractivity contribution in [3.05, 3.63) is 89.6 Å². The summed E-state index contributed by atoms with van der Waals surface area (Å²) < 4.78 is 18.4. The molecule has 31 heavy (non-hydrogen) atoms. The number of hydrogen-bond acceptors (Lipinski definition) is 4. The zero-order valence-electron chi connectivity index (χ0n) is 17.0. The average molecular weight is 421 g/mol. The molecule has 0 saturated heterocycles. The summed E-state index contributed by atoms with van der Waals surface area (Å²) in [5.41, 5.74) is 1.81. The van der Waals surface area contributed by atoms with Crippen LogP contribution in [0, 0.1) is 5.82 Å². The van der Waals surface area contributed by atoms with Crippen molar-refractivity contribution in [3.63, 3.8) is 0 Å². The molecule has 2 N–H and O–H groups in total. The third-order valence-corrected chi connectivity index (χ3v) is 5.16. The lowest BCUT2D eigenvalue weighted by Crippen LogP contribution is -2.35. The van der Waals surface area contributed by atoms with Crippen molar-refractivity contribution in [1.29, 1.82) is 0 Å². The van der Waals surface area contributed by atoms with Crippen molar-refractivity contribution in [2.24, 2.45) is 0 Å². The Hall–Kier alpha value is -3.45. The molecule has 0 aliphatic heterocycles. The molecular weight excluding hydrogens is 397 g/mol. The van der Waals surface area contributed by atoms with Gasteiger partial charge in [0.2, 0.25) is 5.91 Å². The topological polar surface area (TPSA) is 74.6 Å². The van der Waals surface area contributed by atoms with Crippen LogP contribution in [0.15, 0.2) is 71.3 Å². The van der Waals surface area contributed by atoms with Crippen LogP contribution >= 0.6 is 0 Å². The molecule has 3 aromatic rings. The molecule has 160 valence electrons. The minimum atomic E-state index is -0.294. The fourth-order valence-electron chi connectivity index (χ4n) is 3.42. The Morgan fingerprint density at radius 2 is 1.81 bits per heavy atom. The summed E-state index contributed by atoms with van der Waals surface area (Å²) in [6.45, 7) is 1.04. The van der Waals surface area contributed by atoms with E-state index >= 15 is 0 Å². The Balaban J connectivity index is 1.38. The zero-order chi connectivity index (χ0) is 21.6. The van der Waals surface area contributed by atoms with Crippen molar-refractivity contribution >= 4 is 17.5 Å². The Bertz CT molecular complexity index is 1030. The number of rotatable bonds is 9. The minimum Gasteiger partial charge on any atom is -0.467 e. The number of benzene rings is 2. The van der Waals surface area contributed by atoms with E-state index in [1.807, 2.05) is 0 Å². The van der Waals surface area contributed by atoms with E-state index in [0.717, 1.165) is 18.4 Å². The summed E-state index contributed by atoms with van der Waals surface area (Å²) >= 11 is 0. The van der Waals surface area contributed by atoms with Gasteiger partial charge in [-0.15, -0.1) is 0 Å². The van der Waals surface area contributed by atoms with Gasteiger partial charge in [-0.3, -0.25) is 14.5 Å². The highest BCUT2D eigenvalue weighted by molar-refractivity contribution is 6.04. The molecule has 1 aliphatic carbocycles. The summed E-state index contributed by atoms with van der Waals surface area (Å²) in [5, 5.41) is 5.66. The van der Waals surface area contributed by atoms with Gasteiger partial charge in [0.1, 0.15) is 11.6 Å². The lowest BCUT2D eigenvalue weighted by atomic mass is 10.1. The largest absolute Gasteiger partial charge is 0.467 e. The van der Waals surface area contributed by atoms with Gasteiger partial charge in [-0.2, -0.15) is 0 Å². The maximum atomic E-state index is 13.2. The van der Waals surface area contributed by atoms with Gasteiger partial charge >= 0.3 is 0 Å². The lowest BCUT2D eigenvalue weighted by Gasteiger charge is -2.22. The molecule has 0 atom stereocenters. The Kier molecular flexibility index (Phi) is 6.43. The molecule has 2 aromatic carbocycles. The number of carbonyl (C=O) groups excluding carboxylic acids is 2. The molecule has 6 nitrogen and oxygen atoms in total. The van der Waals surface area contributed by atoms with Gasteiger partial charge in [0, 0.05) is 12.6 Å². The van der Waals surface area contributed by atoms with Crippen LogP contribution in [0.1, 0.15) is 34.5 Å². The van der Waals surface area contributed by atoms with E-state index in [0.29, 0.717) is 29.6 Å². The van der Waals surface area contributed by atoms with Crippen LogP contribution in [0.4, 0.5) is 10.1 Å². The molecule has 1 saturated carbocycles. The standard InChI is InChI=1S/C24H24FN3O3/c25-18-9-7-17(8-10-18)15-28(19-11-12-19)16-23(29)27-22-6-2-1-5-21(22)24(30)26-14-20-4-3-13-31-20/h1-10,13,19H,11-12,14-16H2,(H,26,30)(H,27,29). The normalized spacial score (nSPS) is 13.2. The minimum absolute atomic E-state index is 0.194. The summed E-state index contributed by atoms with van der Waals surface area (Å²) in [5.74, 6) is -0.116. The van der Waals surface area contributed by atoms with Gasteiger partial charge in [0.15, 0.2) is 0 Å². The lowest BCUT2D eigenvalue weighted by molar-refractivity contribution is -0.117. The first-order valence-electron chi connectivity index (χ1n) is 10.3. The van der Waals surface area contributed by atoms with E-state index < -0.39 is 0 Å². The fourth-order valence-corrected chi connectivity index (χ4v) is 3.42. The Morgan fingerprint density at radius 1 is 1.03 bits per heavy atom. The van der Waals surface area contributed by atoms with Crippen molar-refractivity contribution < 1.29 is 18.4 Å². The van der Waals surface area contributed by atoms with Crippen molar-refractivity contribution in [1.82, 2.24) is 10.2 Å². The summed E-state index contributed by atoms with van der Waals surface area (Å²) in [7, 11) is 0. The van der Waals surface area contributed by atoms with Crippen LogP contribution in [0.3, 0.4) is 0 Å². The number of furan rings is 1. The van der Waals surface area contributed by atoms with Gasteiger partial charge in [0.05, 0.1) is 30.6 Å². The van der Waals surface area contributed by atoms with E-state index in [1.54, 1.807) is 54.8 Å². The maximum Gasteiger partial charge on any atom is 0.253 e. The maximum absolute atomic E-state index is 13.2. The van der Waals surface area contributed by atoms with Crippen LogP contribution in [-0.4, -0.2) is 29.3 Å². The number of carbonyl (C=O) groups is 2. The first kappa shape index (κ1) is 20.8. The SMILES string of the molecule is O=C(CN(Cc1ccc(F)cc1)C1CC1)Nc1ccccc1C(=O)NCc1ccco1. The fraction of sp³-hybridized carbons (Fsp3) is 0.250. The molecule has 0 spiro atoms. The van der Waals surface area contributed by atoms with Crippen molar-refractivity contribution in [3.8, 4) is 0 Å². The molecule has 0 radical (unpaired) electrons. The Labute approximate surface area is 180 Å². The second kappa shape index (κ2) is 9.57. The van der Waals surface area contributed by atoms with E-state index in [-0.39, 0.29) is 30.7 Å². The summed E-state index contributed by atoms with van der Waals surface area (Å²) in [6.07, 6.45) is 3.63. The second-order valence-corrected chi connectivity index (χ2v) is 7.62. The predicted octanol–water partition coefficient (Wildman–Crippen LogP) is 3.95. The molecule has 2 amide bonds. The van der Waals surface area contributed by atoms with Gasteiger partial charge in [-0.05, 0) is 54.8 Å². The third-order valence-electron chi connectivity index (χ3n) is 5.16. The van der Waals surface area contributed by atoms with Crippen LogP contribution in [0.2, 0.25) is 0 Å². The van der Waals surface area contributed by atoms with Crippen LogP contribution in [0.5, 0.6) is 0 Å². The molecule has 1 aromatic heterocycles. The van der Waals surface area contributed by atoms with Crippen LogP contribution < -0.4 is 10.6 Å². The quantitative estimate of drug-likeness (QED) is 0.549. The highest BCUT2D eigenvalue weighted by Crippen LogP contribution is 2.28. The number of amides is 2. The third kappa shape index (κ3) is 5.79. The van der Waals surface area contributed by atoms with Crippen molar-refractivity contribution in [2.75, 3.05) is 11.9 Å². The molecule has 1 heterocycles. The van der Waals surface area contributed by atoms with Gasteiger partial charge in [0.25, 0.3) is 5.91 Å². The van der Waals surface area contributed by atoms with Crippen LogP contribution in [0.25, 0.3) is 0 Å². The molecule has 1 aliphatic rings. The smallest absolute Gasteiger partial charge is 0.253 e. The van der Waals surface area contributed by atoms with E-state index in [4.69, 9.17) is 4.42 Å². The summed E-state index contributed by atoms with van der Waals surface area (Å²) in [6, 6.07) is 17.1. The molecule has 0 unspecified atom stereocenters. The number of para-hydroxylation sites is 1. The van der Waals surface area contributed by atoms with E-state index in [1.165, 1.54) is 12.1 Å². The summed E-state index contributed by atoms with van der Waals surface area (Å²) in [4.78, 5) is 27.5. The molecule has 0 bridgehead atoms. The van der Waals surface area contributed by atoms with Gasteiger partial charge < -0.3 is 15.1 Å². The zero-order valence-corrected chi connectivity index (χ0v) is 17.0. The van der Waals surface area contributed by atoms with Crippen LogP contribution in [-0.2, 0) is 17.9 Å². The van der Waals surface area contributed by atoms with Gasteiger partial charge in [-0.25, -0.2) is 4.39 Å². The predicted molar refractivity (Wildman–Crippen MR) is 115 cm³/mol. The van der Waals surface area contributed by atoms with Gasteiger partial charge in [-0.1, -0.05) is 24.3 Å². The number of nitrogens with zero attached hydrogens (tertiary/aromatic N) is 1. The first-order chi connectivity index (χ1) is 15.1.